The van der Waals surface area contributed by atoms with Gasteiger partial charge in [0.2, 0.25) is 0 Å². The number of methoxy groups -OCH3 is 1. The highest BCUT2D eigenvalue weighted by Gasteiger charge is 2.45. The number of hydrogen-bond donors (Lipinski definition) is 3. The minimum absolute atomic E-state index is 0.137. The largest absolute Gasteiger partial charge is 0.383 e. The number of carbonyl (C=O) groups excluding carboxylic acids is 1. The third kappa shape index (κ3) is 3.61. The van der Waals surface area contributed by atoms with Crippen molar-refractivity contribution in [3.63, 3.8) is 0 Å². The predicted octanol–water partition coefficient (Wildman–Crippen LogP) is 1.56. The number of carbonyl (C=O) groups is 1. The SMILES string of the molecule is COCCNc1nc(N)c(C(=O)NCC2CC2(C)C)s1. The molecule has 0 spiro atoms. The van der Waals surface area contributed by atoms with Crippen molar-refractivity contribution in [2.24, 2.45) is 11.3 Å². The molecule has 2 rings (SSSR count). The van der Waals surface area contributed by atoms with Gasteiger partial charge in [-0.05, 0) is 17.8 Å². The van der Waals surface area contributed by atoms with Crippen molar-refractivity contribution < 1.29 is 9.53 Å². The highest BCUT2D eigenvalue weighted by molar-refractivity contribution is 7.18. The standard InChI is InChI=1S/C13H22N4O2S/c1-13(2)6-8(13)7-16-11(18)9-10(14)17-12(20-9)15-4-5-19-3/h8H,4-7,14H2,1-3H3,(H,15,17)(H,16,18). The zero-order valence-corrected chi connectivity index (χ0v) is 13.0. The Kier molecular flexibility index (Phi) is 4.49. The molecule has 0 bridgehead atoms. The lowest BCUT2D eigenvalue weighted by molar-refractivity contribution is 0.0955. The molecule has 1 heterocycles. The van der Waals surface area contributed by atoms with Crippen molar-refractivity contribution in [3.05, 3.63) is 4.88 Å². The average molecular weight is 298 g/mol. The van der Waals surface area contributed by atoms with E-state index in [0.717, 1.165) is 6.42 Å². The molecule has 1 aromatic heterocycles. The van der Waals surface area contributed by atoms with Gasteiger partial charge in [0.25, 0.3) is 5.91 Å². The fourth-order valence-corrected chi connectivity index (χ4v) is 2.88. The lowest BCUT2D eigenvalue weighted by Crippen LogP contribution is -2.26. The van der Waals surface area contributed by atoms with Crippen molar-refractivity contribution in [2.45, 2.75) is 20.3 Å². The van der Waals surface area contributed by atoms with Crippen LogP contribution in [0, 0.1) is 11.3 Å². The van der Waals surface area contributed by atoms with Gasteiger partial charge in [-0.15, -0.1) is 0 Å². The Morgan fingerprint density at radius 3 is 2.90 bits per heavy atom. The van der Waals surface area contributed by atoms with Crippen LogP contribution >= 0.6 is 11.3 Å². The van der Waals surface area contributed by atoms with E-state index in [2.05, 4.69) is 29.5 Å². The Morgan fingerprint density at radius 2 is 2.30 bits per heavy atom. The summed E-state index contributed by atoms with van der Waals surface area (Å²) in [5.74, 6) is 0.713. The maximum Gasteiger partial charge on any atom is 0.265 e. The van der Waals surface area contributed by atoms with Gasteiger partial charge in [-0.25, -0.2) is 4.98 Å². The normalized spacial score (nSPS) is 19.6. The Morgan fingerprint density at radius 1 is 1.60 bits per heavy atom. The summed E-state index contributed by atoms with van der Waals surface area (Å²) in [4.78, 5) is 16.7. The van der Waals surface area contributed by atoms with Crippen LogP contribution in [0.2, 0.25) is 0 Å². The second kappa shape index (κ2) is 5.97. The minimum atomic E-state index is -0.137. The number of anilines is 2. The van der Waals surface area contributed by atoms with Crippen molar-refractivity contribution in [2.75, 3.05) is 37.9 Å². The zero-order valence-electron chi connectivity index (χ0n) is 12.2. The molecule has 1 fully saturated rings. The molecule has 1 saturated carbocycles. The van der Waals surface area contributed by atoms with Crippen LogP contribution in [0.3, 0.4) is 0 Å². The molecule has 6 nitrogen and oxygen atoms in total. The summed E-state index contributed by atoms with van der Waals surface area (Å²) < 4.78 is 4.94. The molecule has 1 amide bonds. The first-order valence-electron chi connectivity index (χ1n) is 6.71. The van der Waals surface area contributed by atoms with E-state index in [1.54, 1.807) is 7.11 Å². The number of nitrogens with one attached hydrogen (secondary N) is 2. The molecule has 4 N–H and O–H groups in total. The van der Waals surface area contributed by atoms with Gasteiger partial charge in [0.15, 0.2) is 5.13 Å². The molecule has 20 heavy (non-hydrogen) atoms. The van der Waals surface area contributed by atoms with Crippen LogP contribution in [0.1, 0.15) is 29.9 Å². The lowest BCUT2D eigenvalue weighted by atomic mass is 10.1. The second-order valence-corrected chi connectivity index (χ2v) is 6.75. The number of nitrogens with zero attached hydrogens (tertiary/aromatic N) is 1. The number of nitrogens with two attached hydrogens (primary N) is 1. The molecule has 1 unspecified atom stereocenters. The van der Waals surface area contributed by atoms with Gasteiger partial charge < -0.3 is 21.1 Å². The van der Waals surface area contributed by atoms with Crippen LogP contribution in [-0.2, 0) is 4.74 Å². The van der Waals surface area contributed by atoms with Gasteiger partial charge in [0.1, 0.15) is 10.7 Å². The number of nitrogen functional groups attached to an aromatic ring is 1. The fraction of sp³-hybridized carbons (Fsp3) is 0.692. The average Bonchev–Trinajstić information content (AvgIpc) is 2.81. The number of rotatable bonds is 7. The van der Waals surface area contributed by atoms with Gasteiger partial charge in [-0.3, -0.25) is 4.79 Å². The predicted molar refractivity (Wildman–Crippen MR) is 81.1 cm³/mol. The molecule has 1 aliphatic carbocycles. The van der Waals surface area contributed by atoms with E-state index in [1.807, 2.05) is 0 Å². The van der Waals surface area contributed by atoms with Crippen molar-refractivity contribution in [1.29, 1.82) is 0 Å². The van der Waals surface area contributed by atoms with Crippen LogP contribution in [-0.4, -0.2) is 37.7 Å². The molecule has 0 saturated heterocycles. The number of thiazole rings is 1. The van der Waals surface area contributed by atoms with E-state index in [-0.39, 0.29) is 11.7 Å². The Hall–Kier alpha value is -1.34. The maximum absolute atomic E-state index is 12.1. The maximum atomic E-state index is 12.1. The van der Waals surface area contributed by atoms with Gasteiger partial charge >= 0.3 is 0 Å². The number of amides is 1. The smallest absolute Gasteiger partial charge is 0.265 e. The fourth-order valence-electron chi connectivity index (χ4n) is 2.05. The topological polar surface area (TPSA) is 89.3 Å². The zero-order chi connectivity index (χ0) is 14.8. The summed E-state index contributed by atoms with van der Waals surface area (Å²) in [5.41, 5.74) is 6.15. The number of ether oxygens (including phenoxy) is 1. The Bertz CT molecular complexity index is 487. The van der Waals surface area contributed by atoms with Crippen LogP contribution in [0.4, 0.5) is 10.9 Å². The molecule has 1 aromatic rings. The second-order valence-electron chi connectivity index (χ2n) is 5.75. The van der Waals surface area contributed by atoms with E-state index < -0.39 is 0 Å². The van der Waals surface area contributed by atoms with Gasteiger partial charge in [-0.1, -0.05) is 25.2 Å². The third-order valence-electron chi connectivity index (χ3n) is 3.67. The van der Waals surface area contributed by atoms with Crippen LogP contribution in [0.25, 0.3) is 0 Å². The van der Waals surface area contributed by atoms with E-state index >= 15 is 0 Å². The van der Waals surface area contributed by atoms with Gasteiger partial charge in [0.05, 0.1) is 6.61 Å². The highest BCUT2D eigenvalue weighted by Crippen LogP contribution is 2.51. The minimum Gasteiger partial charge on any atom is -0.383 e. The number of hydrogen-bond acceptors (Lipinski definition) is 6. The summed E-state index contributed by atoms with van der Waals surface area (Å²) in [7, 11) is 1.64. The highest BCUT2D eigenvalue weighted by atomic mass is 32.1. The van der Waals surface area contributed by atoms with E-state index in [0.29, 0.717) is 41.0 Å². The third-order valence-corrected chi connectivity index (χ3v) is 4.70. The molecular weight excluding hydrogens is 276 g/mol. The van der Waals surface area contributed by atoms with E-state index in [1.165, 1.54) is 11.3 Å². The van der Waals surface area contributed by atoms with Gasteiger partial charge in [-0.2, -0.15) is 0 Å². The first kappa shape index (κ1) is 15.1. The quantitative estimate of drug-likeness (QED) is 0.665. The molecule has 1 atom stereocenters. The lowest BCUT2D eigenvalue weighted by Gasteiger charge is -2.05. The summed E-state index contributed by atoms with van der Waals surface area (Å²) in [6.45, 7) is 6.35. The van der Waals surface area contributed by atoms with Crippen LogP contribution in [0.5, 0.6) is 0 Å². The first-order valence-corrected chi connectivity index (χ1v) is 7.53. The summed E-state index contributed by atoms with van der Waals surface area (Å²) in [6.07, 6.45) is 1.16. The molecule has 1 aliphatic rings. The Labute approximate surface area is 123 Å². The Balaban J connectivity index is 1.86. The first-order chi connectivity index (χ1) is 9.44. The van der Waals surface area contributed by atoms with E-state index in [9.17, 15) is 4.79 Å². The van der Waals surface area contributed by atoms with Crippen molar-refractivity contribution in [1.82, 2.24) is 10.3 Å². The molecule has 7 heteroatoms. The molecule has 112 valence electrons. The molecule has 0 aromatic carbocycles. The molecule has 0 radical (unpaired) electrons. The monoisotopic (exact) mass is 298 g/mol. The van der Waals surface area contributed by atoms with Crippen molar-refractivity contribution >= 4 is 28.2 Å². The van der Waals surface area contributed by atoms with Gasteiger partial charge in [0, 0.05) is 20.2 Å². The summed E-state index contributed by atoms with van der Waals surface area (Å²) in [6, 6.07) is 0. The van der Waals surface area contributed by atoms with Crippen LogP contribution in [0.15, 0.2) is 0 Å². The molecule has 0 aliphatic heterocycles. The summed E-state index contributed by atoms with van der Waals surface area (Å²) >= 11 is 1.28. The van der Waals surface area contributed by atoms with Crippen LogP contribution < -0.4 is 16.4 Å². The number of aromatic nitrogens is 1. The van der Waals surface area contributed by atoms with Crippen molar-refractivity contribution in [3.8, 4) is 0 Å². The molecular formula is C13H22N4O2S. The van der Waals surface area contributed by atoms with E-state index in [4.69, 9.17) is 10.5 Å². The summed E-state index contributed by atoms with van der Waals surface area (Å²) in [5, 5.41) is 6.66.